The van der Waals surface area contributed by atoms with Crippen LogP contribution in [0.2, 0.25) is 0 Å². The van der Waals surface area contributed by atoms with Crippen LogP contribution in [0.1, 0.15) is 13.8 Å². The Bertz CT molecular complexity index is 27.2. The third-order valence-electron chi connectivity index (χ3n) is 0.372. The molecule has 38 valence electrons. The summed E-state index contributed by atoms with van der Waals surface area (Å²) in [5, 5.41) is 0. The summed E-state index contributed by atoms with van der Waals surface area (Å²) in [6.45, 7) is 4.00. The van der Waals surface area contributed by atoms with Gasteiger partial charge in [0.2, 0.25) is 0 Å². The van der Waals surface area contributed by atoms with E-state index in [1.54, 1.807) is 0 Å². The van der Waals surface area contributed by atoms with Crippen molar-refractivity contribution in [2.45, 2.75) is 19.9 Å². The van der Waals surface area contributed by atoms with Crippen LogP contribution in [0.15, 0.2) is 0 Å². The molecule has 0 aliphatic rings. The van der Waals surface area contributed by atoms with Crippen LogP contribution in [0.3, 0.4) is 0 Å². The number of hydrogen-bond donors (Lipinski definition) is 3. The third-order valence-corrected chi connectivity index (χ3v) is 0.372. The highest BCUT2D eigenvalue weighted by molar-refractivity contribution is 4.40. The second-order valence-electron chi connectivity index (χ2n) is 1.44. The highest BCUT2D eigenvalue weighted by Crippen LogP contribution is 1.66. The lowest BCUT2D eigenvalue weighted by atomic mass is 10.4. The zero-order valence-corrected chi connectivity index (χ0v) is 4.15. The van der Waals surface area contributed by atoms with Crippen molar-refractivity contribution in [1.29, 1.82) is 0 Å². The van der Waals surface area contributed by atoms with Crippen molar-refractivity contribution >= 4 is 0 Å². The first-order chi connectivity index (χ1) is 2.77. The summed E-state index contributed by atoms with van der Waals surface area (Å²) >= 11 is 0. The highest BCUT2D eigenvalue weighted by Gasteiger charge is 1.81. The summed E-state index contributed by atoms with van der Waals surface area (Å²) in [4.78, 5) is 0. The molecular formula is C3H11N3. The highest BCUT2D eigenvalue weighted by atomic mass is 15.5. The minimum absolute atomic E-state index is 0.412. The van der Waals surface area contributed by atoms with E-state index in [1.165, 1.54) is 0 Å². The molecule has 0 saturated heterocycles. The first kappa shape index (κ1) is 5.88. The molecule has 0 aromatic rings. The van der Waals surface area contributed by atoms with Gasteiger partial charge >= 0.3 is 0 Å². The molecule has 0 radical (unpaired) electrons. The summed E-state index contributed by atoms with van der Waals surface area (Å²) in [7, 11) is 0. The van der Waals surface area contributed by atoms with Crippen molar-refractivity contribution in [3.05, 3.63) is 0 Å². The van der Waals surface area contributed by atoms with E-state index >= 15 is 0 Å². The Labute approximate surface area is 37.8 Å². The summed E-state index contributed by atoms with van der Waals surface area (Å²) in [6, 6.07) is 0.412. The monoisotopic (exact) mass is 89.1 g/mol. The first-order valence-electron chi connectivity index (χ1n) is 1.98. The van der Waals surface area contributed by atoms with E-state index in [1.807, 2.05) is 13.8 Å². The van der Waals surface area contributed by atoms with Gasteiger partial charge in [-0.05, 0) is 13.8 Å². The number of hydrogen-bond acceptors (Lipinski definition) is 3. The van der Waals surface area contributed by atoms with Crippen molar-refractivity contribution < 1.29 is 0 Å². The van der Waals surface area contributed by atoms with E-state index in [0.29, 0.717) is 6.04 Å². The second kappa shape index (κ2) is 3.08. The maximum Gasteiger partial charge on any atom is 0.0169 e. The fourth-order valence-corrected chi connectivity index (χ4v) is 0.167. The average molecular weight is 89.1 g/mol. The SMILES string of the molecule is CC(C)NNN. The average Bonchev–Trinajstić information content (AvgIpc) is 1.35. The molecular weight excluding hydrogens is 78.1 g/mol. The Kier molecular flexibility index (Phi) is 3.02. The molecule has 6 heavy (non-hydrogen) atoms. The molecule has 0 bridgehead atoms. The zero-order valence-electron chi connectivity index (χ0n) is 4.15. The maximum absolute atomic E-state index is 4.87. The summed E-state index contributed by atoms with van der Waals surface area (Å²) in [5.74, 6) is 4.87. The van der Waals surface area contributed by atoms with Crippen molar-refractivity contribution in [1.82, 2.24) is 11.0 Å². The van der Waals surface area contributed by atoms with Gasteiger partial charge in [-0.1, -0.05) is 0 Å². The molecule has 0 unspecified atom stereocenters. The minimum atomic E-state index is 0.412. The van der Waals surface area contributed by atoms with Crippen LogP contribution >= 0.6 is 0 Å². The normalized spacial score (nSPS) is 10.0. The lowest BCUT2D eigenvalue weighted by Gasteiger charge is -2.02. The second-order valence-corrected chi connectivity index (χ2v) is 1.44. The van der Waals surface area contributed by atoms with Gasteiger partial charge in [-0.3, -0.25) is 5.84 Å². The maximum atomic E-state index is 4.87. The smallest absolute Gasteiger partial charge is 0.0169 e. The van der Waals surface area contributed by atoms with Crippen LogP contribution in [0, 0.1) is 0 Å². The van der Waals surface area contributed by atoms with Gasteiger partial charge in [-0.25, -0.2) is 5.43 Å². The quantitative estimate of drug-likeness (QED) is 0.311. The molecule has 0 rings (SSSR count). The van der Waals surface area contributed by atoms with Crippen LogP contribution in [-0.2, 0) is 0 Å². The van der Waals surface area contributed by atoms with Crippen LogP contribution in [0.5, 0.6) is 0 Å². The molecule has 3 heteroatoms. The number of rotatable bonds is 2. The van der Waals surface area contributed by atoms with Gasteiger partial charge in [0.25, 0.3) is 0 Å². The van der Waals surface area contributed by atoms with Crippen LogP contribution in [0.25, 0.3) is 0 Å². The Balaban J connectivity index is 2.63. The number of hydrazine groups is 2. The minimum Gasteiger partial charge on any atom is -0.258 e. The fourth-order valence-electron chi connectivity index (χ4n) is 0.167. The van der Waals surface area contributed by atoms with E-state index < -0.39 is 0 Å². The van der Waals surface area contributed by atoms with E-state index in [0.717, 1.165) is 0 Å². The lowest BCUT2D eigenvalue weighted by molar-refractivity contribution is 0.487. The van der Waals surface area contributed by atoms with Crippen LogP contribution in [0.4, 0.5) is 0 Å². The molecule has 0 aliphatic carbocycles. The Morgan fingerprint density at radius 3 is 2.00 bits per heavy atom. The van der Waals surface area contributed by atoms with Crippen LogP contribution in [-0.4, -0.2) is 6.04 Å². The van der Waals surface area contributed by atoms with Gasteiger partial charge in [-0.15, -0.1) is 0 Å². The van der Waals surface area contributed by atoms with Gasteiger partial charge in [0, 0.05) is 6.04 Å². The van der Waals surface area contributed by atoms with Gasteiger partial charge in [-0.2, -0.15) is 5.53 Å². The standard InChI is InChI=1S/C3H11N3/c1-3(2)5-6-4/h3,5-6H,4H2,1-2H3. The van der Waals surface area contributed by atoms with Gasteiger partial charge in [0.15, 0.2) is 0 Å². The zero-order chi connectivity index (χ0) is 4.99. The third kappa shape index (κ3) is 3.88. The van der Waals surface area contributed by atoms with Crippen LogP contribution < -0.4 is 16.8 Å². The molecule has 0 aliphatic heterocycles. The van der Waals surface area contributed by atoms with Gasteiger partial charge < -0.3 is 0 Å². The van der Waals surface area contributed by atoms with E-state index in [9.17, 15) is 0 Å². The lowest BCUT2D eigenvalue weighted by Crippen LogP contribution is -2.42. The number of nitrogens with one attached hydrogen (secondary N) is 2. The first-order valence-corrected chi connectivity index (χ1v) is 1.98. The summed E-state index contributed by atoms with van der Waals surface area (Å²) in [6.07, 6.45) is 0. The van der Waals surface area contributed by atoms with E-state index in [4.69, 9.17) is 5.84 Å². The number of nitrogens with two attached hydrogens (primary N) is 1. The molecule has 4 N–H and O–H groups in total. The Morgan fingerprint density at radius 1 is 1.50 bits per heavy atom. The molecule has 0 aromatic carbocycles. The molecule has 0 atom stereocenters. The largest absolute Gasteiger partial charge is 0.258 e. The van der Waals surface area contributed by atoms with Gasteiger partial charge in [0.1, 0.15) is 0 Å². The fraction of sp³-hybridized carbons (Fsp3) is 1.00. The topological polar surface area (TPSA) is 50.1 Å². The predicted octanol–water partition coefficient (Wildman–Crippen LogP) is -0.637. The molecule has 0 amide bonds. The molecule has 0 spiro atoms. The molecule has 0 heterocycles. The molecule has 0 aromatic heterocycles. The molecule has 0 fully saturated rings. The Morgan fingerprint density at radius 2 is 2.00 bits per heavy atom. The van der Waals surface area contributed by atoms with Crippen molar-refractivity contribution in [3.63, 3.8) is 0 Å². The summed E-state index contributed by atoms with van der Waals surface area (Å²) in [5.41, 5.74) is 5.05. The van der Waals surface area contributed by atoms with E-state index in [-0.39, 0.29) is 0 Å². The van der Waals surface area contributed by atoms with Crippen molar-refractivity contribution in [2.75, 3.05) is 0 Å². The summed E-state index contributed by atoms with van der Waals surface area (Å²) < 4.78 is 0. The predicted molar refractivity (Wildman–Crippen MR) is 25.6 cm³/mol. The molecule has 0 saturated carbocycles. The molecule has 3 nitrogen and oxygen atoms in total. The van der Waals surface area contributed by atoms with Gasteiger partial charge in [0.05, 0.1) is 0 Å². The van der Waals surface area contributed by atoms with Crippen molar-refractivity contribution in [3.8, 4) is 0 Å². The van der Waals surface area contributed by atoms with E-state index in [2.05, 4.69) is 11.0 Å². The van der Waals surface area contributed by atoms with Crippen molar-refractivity contribution in [2.24, 2.45) is 5.84 Å². The Hall–Kier alpha value is -0.120.